The number of nitrogens with zero attached hydrogens (tertiary/aromatic N) is 3. The summed E-state index contributed by atoms with van der Waals surface area (Å²) in [5.74, 6) is 0. The normalized spacial score (nSPS) is 11.7. The second-order valence-corrected chi connectivity index (χ2v) is 11.2. The summed E-state index contributed by atoms with van der Waals surface area (Å²) in [7, 11) is 2.14. The van der Waals surface area contributed by atoms with Crippen LogP contribution in [0.2, 0.25) is 0 Å². The van der Waals surface area contributed by atoms with Crippen LogP contribution in [0.4, 0.5) is 0 Å². The van der Waals surface area contributed by atoms with Crippen molar-refractivity contribution in [3.8, 4) is 23.0 Å². The number of rotatable bonds is 2. The lowest BCUT2D eigenvalue weighted by atomic mass is 9.96. The van der Waals surface area contributed by atoms with Gasteiger partial charge in [-0.25, -0.2) is 0 Å². The third-order valence-electron chi connectivity index (χ3n) is 7.89. The lowest BCUT2D eigenvalue weighted by Crippen LogP contribution is -2.30. The second-order valence-electron chi connectivity index (χ2n) is 10.2. The molecule has 0 spiro atoms. The largest absolute Gasteiger partial charge is 0.306 e. The maximum Gasteiger partial charge on any atom is 0.230 e. The monoisotopic (exact) mass is 508 g/mol. The van der Waals surface area contributed by atoms with Crippen molar-refractivity contribution in [2.45, 2.75) is 20.8 Å². The van der Waals surface area contributed by atoms with Gasteiger partial charge in [-0.05, 0) is 56.2 Å². The highest BCUT2D eigenvalue weighted by molar-refractivity contribution is 7.26. The molecule has 0 aliphatic rings. The van der Waals surface area contributed by atoms with Gasteiger partial charge in [0.2, 0.25) is 5.69 Å². The minimum absolute atomic E-state index is 0.690. The molecule has 7 rings (SSSR count). The van der Waals surface area contributed by atoms with Crippen LogP contribution in [0.3, 0.4) is 0 Å². The first kappa shape index (κ1) is 22.7. The molecular weight excluding hydrogens is 482 g/mol. The zero-order valence-electron chi connectivity index (χ0n) is 21.8. The quantitative estimate of drug-likeness (QED) is 0.216. The van der Waals surface area contributed by atoms with Gasteiger partial charge in [0.1, 0.15) is 17.8 Å². The summed E-state index contributed by atoms with van der Waals surface area (Å²) in [6, 6.07) is 30.3. The van der Waals surface area contributed by atoms with Crippen molar-refractivity contribution in [1.29, 1.82) is 5.26 Å². The Hall–Kier alpha value is -4.46. The van der Waals surface area contributed by atoms with E-state index in [1.807, 2.05) is 23.5 Å². The average molecular weight is 509 g/mol. The van der Waals surface area contributed by atoms with Gasteiger partial charge in [-0.2, -0.15) is 9.83 Å². The number of pyridine rings is 1. The highest BCUT2D eigenvalue weighted by Crippen LogP contribution is 2.44. The third-order valence-corrected chi connectivity index (χ3v) is 9.14. The number of thiophene rings is 1. The Morgan fingerprint density at radius 2 is 1.53 bits per heavy atom. The summed E-state index contributed by atoms with van der Waals surface area (Å²) in [6.07, 6.45) is 2.18. The molecule has 3 heterocycles. The summed E-state index contributed by atoms with van der Waals surface area (Å²) in [6.45, 7) is 6.60. The first-order valence-electron chi connectivity index (χ1n) is 12.8. The molecule has 0 N–H and O–H groups in total. The molecule has 0 unspecified atom stereocenters. The summed E-state index contributed by atoms with van der Waals surface area (Å²) in [5, 5.41) is 14.8. The second kappa shape index (κ2) is 8.28. The summed E-state index contributed by atoms with van der Waals surface area (Å²) in [5.41, 5.74) is 10.3. The molecule has 4 aromatic carbocycles. The molecule has 0 radical (unpaired) electrons. The number of benzene rings is 4. The highest BCUT2D eigenvalue weighted by atomic mass is 32.1. The lowest BCUT2D eigenvalue weighted by Gasteiger charge is -2.10. The Bertz CT molecular complexity index is 2140. The topological polar surface area (TPSA) is 32.6 Å². The van der Waals surface area contributed by atoms with Crippen LogP contribution < -0.4 is 4.57 Å². The maximum atomic E-state index is 10.1. The molecular formula is C34H26N3S+. The predicted molar refractivity (Wildman–Crippen MR) is 159 cm³/mol. The fourth-order valence-electron chi connectivity index (χ4n) is 6.02. The fraction of sp³-hybridized carbons (Fsp3) is 0.118. The predicted octanol–water partition coefficient (Wildman–Crippen LogP) is 8.44. The van der Waals surface area contributed by atoms with E-state index in [0.29, 0.717) is 5.56 Å². The van der Waals surface area contributed by atoms with Gasteiger partial charge < -0.3 is 4.57 Å². The first-order valence-corrected chi connectivity index (χ1v) is 13.6. The lowest BCUT2D eigenvalue weighted by molar-refractivity contribution is -0.659. The molecule has 3 aromatic heterocycles. The van der Waals surface area contributed by atoms with Crippen LogP contribution >= 0.6 is 11.3 Å². The average Bonchev–Trinajstić information content (AvgIpc) is 3.47. The van der Waals surface area contributed by atoms with E-state index in [-0.39, 0.29) is 0 Å². The molecule has 7 aromatic rings. The minimum atomic E-state index is 0.690. The van der Waals surface area contributed by atoms with E-state index in [4.69, 9.17) is 0 Å². The van der Waals surface area contributed by atoms with Crippen LogP contribution in [0, 0.1) is 32.1 Å². The maximum absolute atomic E-state index is 10.1. The molecule has 0 saturated carbocycles. The molecule has 4 heteroatoms. The highest BCUT2D eigenvalue weighted by Gasteiger charge is 2.24. The molecule has 0 bridgehead atoms. The number of hydrogen-bond donors (Lipinski definition) is 0. The van der Waals surface area contributed by atoms with Crippen molar-refractivity contribution in [3.05, 3.63) is 107 Å². The van der Waals surface area contributed by atoms with Gasteiger partial charge in [-0.1, -0.05) is 54.1 Å². The minimum Gasteiger partial charge on any atom is -0.306 e. The van der Waals surface area contributed by atoms with Crippen molar-refractivity contribution in [1.82, 2.24) is 4.57 Å². The van der Waals surface area contributed by atoms with Gasteiger partial charge in [0.15, 0.2) is 6.20 Å². The number of aryl methyl sites for hydroxylation is 3. The Morgan fingerprint density at radius 3 is 2.37 bits per heavy atom. The van der Waals surface area contributed by atoms with Crippen LogP contribution in [0.1, 0.15) is 22.3 Å². The molecule has 0 amide bonds. The van der Waals surface area contributed by atoms with Gasteiger partial charge in [-0.3, -0.25) is 0 Å². The SMILES string of the molecule is Cc1cc(C)c(C)c(-c2c3sc4c(-n5c6ccccc6c6cccc(C#N)c65)cccc4c3cc[n+]2C)c1. The molecule has 0 atom stereocenters. The Balaban J connectivity index is 1.64. The molecule has 0 fully saturated rings. The zero-order valence-corrected chi connectivity index (χ0v) is 22.6. The molecule has 182 valence electrons. The van der Waals surface area contributed by atoms with E-state index in [0.717, 1.165) is 27.5 Å². The standard InChI is InChI=1S/C34H26N3S/c1-20-17-21(2)22(3)28(18-20)32-34-27(15-16-36(32)4)26-12-8-14-30(33(26)38-34)37-29-13-6-5-10-24(29)25-11-7-9-23(19-35)31(25)37/h5-18H,1-4H3/q+1. The first-order chi connectivity index (χ1) is 18.5. The number of fused-ring (bicyclic) bond motifs is 6. The smallest absolute Gasteiger partial charge is 0.230 e. The molecule has 3 nitrogen and oxygen atoms in total. The number of para-hydroxylation sites is 2. The number of aromatic nitrogens is 2. The van der Waals surface area contributed by atoms with Crippen molar-refractivity contribution in [2.75, 3.05) is 0 Å². The van der Waals surface area contributed by atoms with Crippen molar-refractivity contribution >= 4 is 53.3 Å². The van der Waals surface area contributed by atoms with Gasteiger partial charge in [0, 0.05) is 27.6 Å². The van der Waals surface area contributed by atoms with Crippen LogP contribution in [0.5, 0.6) is 0 Å². The third kappa shape index (κ3) is 3.09. The molecule has 38 heavy (non-hydrogen) atoms. The van der Waals surface area contributed by atoms with Crippen LogP contribution in [-0.2, 0) is 7.05 Å². The van der Waals surface area contributed by atoms with Crippen molar-refractivity contribution < 1.29 is 4.57 Å². The molecule has 0 aliphatic heterocycles. The number of nitriles is 1. The Labute approximate surface area is 225 Å². The number of hydrogen-bond acceptors (Lipinski definition) is 2. The van der Waals surface area contributed by atoms with E-state index in [1.54, 1.807) is 0 Å². The van der Waals surface area contributed by atoms with Crippen molar-refractivity contribution in [2.24, 2.45) is 7.05 Å². The van der Waals surface area contributed by atoms with Gasteiger partial charge in [0.05, 0.1) is 32.5 Å². The van der Waals surface area contributed by atoms with Gasteiger partial charge in [0.25, 0.3) is 0 Å². The fourth-order valence-corrected chi connectivity index (χ4v) is 7.41. The van der Waals surface area contributed by atoms with E-state index in [9.17, 15) is 5.26 Å². The summed E-state index contributed by atoms with van der Waals surface area (Å²) < 4.78 is 7.06. The van der Waals surface area contributed by atoms with Gasteiger partial charge in [-0.15, -0.1) is 11.3 Å². The Morgan fingerprint density at radius 1 is 0.789 bits per heavy atom. The van der Waals surface area contributed by atoms with Gasteiger partial charge >= 0.3 is 0 Å². The van der Waals surface area contributed by atoms with Crippen LogP contribution in [-0.4, -0.2) is 4.57 Å². The summed E-state index contributed by atoms with van der Waals surface area (Å²) >= 11 is 1.85. The Kier molecular flexibility index (Phi) is 4.95. The van der Waals surface area contributed by atoms with Crippen LogP contribution in [0.15, 0.2) is 85.1 Å². The van der Waals surface area contributed by atoms with Crippen molar-refractivity contribution in [3.63, 3.8) is 0 Å². The van der Waals surface area contributed by atoms with Crippen LogP contribution in [0.25, 0.3) is 58.9 Å². The molecule has 0 aliphatic carbocycles. The van der Waals surface area contributed by atoms with E-state index < -0.39 is 0 Å². The molecule has 0 saturated heterocycles. The zero-order chi connectivity index (χ0) is 26.1. The van der Waals surface area contributed by atoms with E-state index in [2.05, 4.69) is 116 Å². The van der Waals surface area contributed by atoms with E-state index in [1.165, 1.54) is 48.1 Å². The summed E-state index contributed by atoms with van der Waals surface area (Å²) in [4.78, 5) is 0. The van der Waals surface area contributed by atoms with E-state index >= 15 is 0 Å².